The van der Waals surface area contributed by atoms with E-state index in [1.54, 1.807) is 0 Å². The first kappa shape index (κ1) is 13.7. The maximum Gasteiger partial charge on any atom is 0.161 e. The van der Waals surface area contributed by atoms with Gasteiger partial charge in [0.2, 0.25) is 0 Å². The zero-order chi connectivity index (χ0) is 13.9. The lowest BCUT2D eigenvalue weighted by Crippen LogP contribution is -2.27. The topological polar surface area (TPSA) is 30.5 Å². The molecule has 0 saturated heterocycles. The molecule has 1 aromatic rings. The largest absolute Gasteiger partial charge is 0.490 e. The number of hydrogen-bond donors (Lipinski definition) is 1. The van der Waals surface area contributed by atoms with Crippen molar-refractivity contribution in [2.75, 3.05) is 19.8 Å². The quantitative estimate of drug-likeness (QED) is 0.891. The molecule has 1 N–H and O–H groups in total. The van der Waals surface area contributed by atoms with Gasteiger partial charge < -0.3 is 14.8 Å². The van der Waals surface area contributed by atoms with Gasteiger partial charge in [0.25, 0.3) is 0 Å². The monoisotopic (exact) mass is 275 g/mol. The summed E-state index contributed by atoms with van der Waals surface area (Å²) in [5, 5.41) is 3.65. The maximum absolute atomic E-state index is 5.82. The normalized spacial score (nSPS) is 21.1. The average molecular weight is 275 g/mol. The van der Waals surface area contributed by atoms with Gasteiger partial charge in [0.05, 0.1) is 13.2 Å². The molecule has 0 bridgehead atoms. The molecule has 110 valence electrons. The Morgan fingerprint density at radius 3 is 2.65 bits per heavy atom. The Hall–Kier alpha value is -1.22. The van der Waals surface area contributed by atoms with Gasteiger partial charge in [-0.05, 0) is 48.9 Å². The van der Waals surface area contributed by atoms with Crippen molar-refractivity contribution in [3.8, 4) is 11.5 Å². The molecule has 3 heteroatoms. The molecule has 1 aliphatic heterocycles. The molecule has 2 atom stereocenters. The molecule has 3 nitrogen and oxygen atoms in total. The van der Waals surface area contributed by atoms with Crippen LogP contribution in [0, 0.1) is 11.8 Å². The van der Waals surface area contributed by atoms with Crippen molar-refractivity contribution in [3.05, 3.63) is 23.8 Å². The van der Waals surface area contributed by atoms with Crippen molar-refractivity contribution in [2.45, 2.75) is 39.2 Å². The average Bonchev–Trinajstić information content (AvgIpc) is 3.29. The number of nitrogens with one attached hydrogen (secondary N) is 1. The van der Waals surface area contributed by atoms with E-state index in [2.05, 4.69) is 37.4 Å². The predicted octanol–water partition coefficient (Wildman–Crippen LogP) is 3.54. The summed E-state index contributed by atoms with van der Waals surface area (Å²) in [6, 6.07) is 6.86. The zero-order valence-corrected chi connectivity index (χ0v) is 12.5. The summed E-state index contributed by atoms with van der Waals surface area (Å²) in [5.41, 5.74) is 1.33. The molecular weight excluding hydrogens is 250 g/mol. The summed E-state index contributed by atoms with van der Waals surface area (Å²) in [6.07, 6.45) is 3.72. The standard InChI is InChI=1S/C17H25NO2/c1-3-18-17(12(2)13-5-6-13)14-7-8-15-16(11-14)20-10-4-9-19-15/h7-8,11-13,17-18H,3-6,9-10H2,1-2H3. The molecule has 20 heavy (non-hydrogen) atoms. The minimum atomic E-state index is 0.421. The van der Waals surface area contributed by atoms with Crippen LogP contribution in [0.15, 0.2) is 18.2 Å². The summed E-state index contributed by atoms with van der Waals surface area (Å²) in [7, 11) is 0. The molecular formula is C17H25NO2. The molecule has 1 fully saturated rings. The summed E-state index contributed by atoms with van der Waals surface area (Å²) >= 11 is 0. The van der Waals surface area contributed by atoms with E-state index in [0.717, 1.165) is 43.6 Å². The first-order valence-corrected chi connectivity index (χ1v) is 7.92. The van der Waals surface area contributed by atoms with E-state index in [-0.39, 0.29) is 0 Å². The van der Waals surface area contributed by atoms with Crippen LogP contribution < -0.4 is 14.8 Å². The van der Waals surface area contributed by atoms with Crippen molar-refractivity contribution in [1.29, 1.82) is 0 Å². The predicted molar refractivity (Wildman–Crippen MR) is 80.4 cm³/mol. The molecule has 3 rings (SSSR count). The Morgan fingerprint density at radius 2 is 1.95 bits per heavy atom. The van der Waals surface area contributed by atoms with Gasteiger partial charge in [0.15, 0.2) is 11.5 Å². The molecule has 2 aliphatic rings. The lowest BCUT2D eigenvalue weighted by atomic mass is 9.90. The van der Waals surface area contributed by atoms with Gasteiger partial charge >= 0.3 is 0 Å². The van der Waals surface area contributed by atoms with Gasteiger partial charge in [0.1, 0.15) is 0 Å². The zero-order valence-electron chi connectivity index (χ0n) is 12.5. The lowest BCUT2D eigenvalue weighted by molar-refractivity contribution is 0.296. The van der Waals surface area contributed by atoms with Crippen LogP contribution in [0.5, 0.6) is 11.5 Å². The third-order valence-electron chi connectivity index (χ3n) is 4.45. The molecule has 1 aliphatic carbocycles. The number of fused-ring (bicyclic) bond motifs is 1. The van der Waals surface area contributed by atoms with Crippen molar-refractivity contribution in [1.82, 2.24) is 5.32 Å². The van der Waals surface area contributed by atoms with Crippen LogP contribution in [-0.2, 0) is 0 Å². The Balaban J connectivity index is 1.84. The molecule has 1 aromatic carbocycles. The molecule has 1 saturated carbocycles. The fraction of sp³-hybridized carbons (Fsp3) is 0.647. The van der Waals surface area contributed by atoms with E-state index >= 15 is 0 Å². The second-order valence-corrected chi connectivity index (χ2v) is 5.99. The maximum atomic E-state index is 5.82. The minimum Gasteiger partial charge on any atom is -0.490 e. The number of rotatable bonds is 5. The SMILES string of the molecule is CCNC(c1ccc2c(c1)OCCCO2)C(C)C1CC1. The van der Waals surface area contributed by atoms with Gasteiger partial charge in [-0.2, -0.15) is 0 Å². The van der Waals surface area contributed by atoms with E-state index in [1.807, 2.05) is 0 Å². The van der Waals surface area contributed by atoms with Crippen molar-refractivity contribution < 1.29 is 9.47 Å². The third-order valence-corrected chi connectivity index (χ3v) is 4.45. The molecule has 0 amide bonds. The van der Waals surface area contributed by atoms with Crippen LogP contribution >= 0.6 is 0 Å². The minimum absolute atomic E-state index is 0.421. The highest BCUT2D eigenvalue weighted by Gasteiger charge is 2.34. The van der Waals surface area contributed by atoms with Crippen molar-refractivity contribution in [2.24, 2.45) is 11.8 Å². The Labute approximate surface area is 121 Å². The second kappa shape index (κ2) is 6.04. The molecule has 0 spiro atoms. The van der Waals surface area contributed by atoms with Crippen LogP contribution in [0.25, 0.3) is 0 Å². The van der Waals surface area contributed by atoms with E-state index in [1.165, 1.54) is 18.4 Å². The first-order valence-electron chi connectivity index (χ1n) is 7.92. The van der Waals surface area contributed by atoms with Crippen molar-refractivity contribution >= 4 is 0 Å². The fourth-order valence-electron chi connectivity index (χ4n) is 3.09. The summed E-state index contributed by atoms with van der Waals surface area (Å²) in [5.74, 6) is 3.36. The smallest absolute Gasteiger partial charge is 0.161 e. The highest BCUT2D eigenvalue weighted by atomic mass is 16.5. The van der Waals surface area contributed by atoms with Gasteiger partial charge in [-0.15, -0.1) is 0 Å². The molecule has 0 aromatic heterocycles. The highest BCUT2D eigenvalue weighted by molar-refractivity contribution is 5.44. The second-order valence-electron chi connectivity index (χ2n) is 5.99. The van der Waals surface area contributed by atoms with Crippen LogP contribution in [-0.4, -0.2) is 19.8 Å². The van der Waals surface area contributed by atoms with E-state index < -0.39 is 0 Å². The van der Waals surface area contributed by atoms with E-state index in [0.29, 0.717) is 12.0 Å². The Morgan fingerprint density at radius 1 is 1.20 bits per heavy atom. The van der Waals surface area contributed by atoms with E-state index in [9.17, 15) is 0 Å². The number of hydrogen-bond acceptors (Lipinski definition) is 3. The summed E-state index contributed by atoms with van der Waals surface area (Å²) < 4.78 is 11.5. The number of benzene rings is 1. The van der Waals surface area contributed by atoms with Gasteiger partial charge in [-0.1, -0.05) is 19.9 Å². The third kappa shape index (κ3) is 2.93. The molecule has 0 radical (unpaired) electrons. The van der Waals surface area contributed by atoms with Crippen LogP contribution in [0.1, 0.15) is 44.7 Å². The summed E-state index contributed by atoms with van der Waals surface area (Å²) in [6.45, 7) is 7.04. The van der Waals surface area contributed by atoms with Gasteiger partial charge in [0, 0.05) is 12.5 Å². The molecule has 1 heterocycles. The van der Waals surface area contributed by atoms with Crippen LogP contribution in [0.4, 0.5) is 0 Å². The summed E-state index contributed by atoms with van der Waals surface area (Å²) in [4.78, 5) is 0. The van der Waals surface area contributed by atoms with E-state index in [4.69, 9.17) is 9.47 Å². The van der Waals surface area contributed by atoms with Crippen LogP contribution in [0.3, 0.4) is 0 Å². The molecule has 2 unspecified atom stereocenters. The number of ether oxygens (including phenoxy) is 2. The highest BCUT2D eigenvalue weighted by Crippen LogP contribution is 2.43. The first-order chi connectivity index (χ1) is 9.79. The fourth-order valence-corrected chi connectivity index (χ4v) is 3.09. The lowest BCUT2D eigenvalue weighted by Gasteiger charge is -2.26. The van der Waals surface area contributed by atoms with Gasteiger partial charge in [-0.3, -0.25) is 0 Å². The Kier molecular flexibility index (Phi) is 4.16. The Bertz CT molecular complexity index is 456. The van der Waals surface area contributed by atoms with Gasteiger partial charge in [-0.25, -0.2) is 0 Å². The van der Waals surface area contributed by atoms with Crippen LogP contribution in [0.2, 0.25) is 0 Å². The van der Waals surface area contributed by atoms with Crippen molar-refractivity contribution in [3.63, 3.8) is 0 Å².